The maximum atomic E-state index is 12.4. The standard InChI is InChI=1S/C13H16BrN3O4S.ClH/c14-8-3-10-11(21-6-13(18)17-10)4-12(8)22(19,20)16-5-9(15)7-1-2-7;/h3-4,7,9,16H,1-2,5-6,15H2,(H,17,18);1H. The van der Waals surface area contributed by atoms with Gasteiger partial charge in [0.25, 0.3) is 5.91 Å². The maximum absolute atomic E-state index is 12.4. The molecule has 23 heavy (non-hydrogen) atoms. The van der Waals surface area contributed by atoms with Crippen LogP contribution in [0.3, 0.4) is 0 Å². The fourth-order valence-electron chi connectivity index (χ4n) is 2.26. The molecule has 1 atom stereocenters. The van der Waals surface area contributed by atoms with Gasteiger partial charge in [0.15, 0.2) is 6.61 Å². The number of anilines is 1. The van der Waals surface area contributed by atoms with Crippen LogP contribution in [-0.4, -0.2) is 33.5 Å². The number of sulfonamides is 1. The van der Waals surface area contributed by atoms with Gasteiger partial charge in [-0.25, -0.2) is 13.1 Å². The van der Waals surface area contributed by atoms with Crippen molar-refractivity contribution in [3.05, 3.63) is 16.6 Å². The van der Waals surface area contributed by atoms with Crippen LogP contribution in [-0.2, 0) is 14.8 Å². The highest BCUT2D eigenvalue weighted by Gasteiger charge is 2.30. The van der Waals surface area contributed by atoms with Gasteiger partial charge in [-0.3, -0.25) is 4.79 Å². The second-order valence-electron chi connectivity index (χ2n) is 5.47. The topological polar surface area (TPSA) is 111 Å². The molecule has 2 aliphatic rings. The van der Waals surface area contributed by atoms with Gasteiger partial charge in [-0.2, -0.15) is 0 Å². The fraction of sp³-hybridized carbons (Fsp3) is 0.462. The van der Waals surface area contributed by atoms with Gasteiger partial charge in [0.1, 0.15) is 5.75 Å². The van der Waals surface area contributed by atoms with Gasteiger partial charge in [0.05, 0.1) is 10.6 Å². The number of benzene rings is 1. The van der Waals surface area contributed by atoms with Crippen molar-refractivity contribution in [2.75, 3.05) is 18.5 Å². The summed E-state index contributed by atoms with van der Waals surface area (Å²) < 4.78 is 33.0. The summed E-state index contributed by atoms with van der Waals surface area (Å²) in [5.74, 6) is 0.464. The molecule has 1 heterocycles. The van der Waals surface area contributed by atoms with Crippen LogP contribution in [0.4, 0.5) is 5.69 Å². The van der Waals surface area contributed by atoms with E-state index in [9.17, 15) is 13.2 Å². The predicted octanol–water partition coefficient (Wildman–Crippen LogP) is 1.22. The molecule has 10 heteroatoms. The van der Waals surface area contributed by atoms with E-state index in [1.54, 1.807) is 0 Å². The van der Waals surface area contributed by atoms with E-state index < -0.39 is 10.0 Å². The van der Waals surface area contributed by atoms with Gasteiger partial charge in [-0.1, -0.05) is 0 Å². The van der Waals surface area contributed by atoms with E-state index in [0.717, 1.165) is 12.8 Å². The van der Waals surface area contributed by atoms with Gasteiger partial charge in [-0.05, 0) is 40.8 Å². The van der Waals surface area contributed by atoms with Gasteiger partial charge in [0.2, 0.25) is 10.0 Å². The number of hydrogen-bond donors (Lipinski definition) is 3. The third-order valence-corrected chi connectivity index (χ3v) is 6.08. The number of rotatable bonds is 5. The summed E-state index contributed by atoms with van der Waals surface area (Å²) in [7, 11) is -3.71. The Labute approximate surface area is 148 Å². The van der Waals surface area contributed by atoms with Crippen LogP contribution < -0.4 is 20.5 Å². The number of amides is 1. The number of halogens is 2. The van der Waals surface area contributed by atoms with Crippen molar-refractivity contribution in [3.8, 4) is 5.75 Å². The Morgan fingerprint density at radius 2 is 2.13 bits per heavy atom. The fourth-order valence-corrected chi connectivity index (χ4v) is 4.39. The molecule has 1 aromatic rings. The zero-order chi connectivity index (χ0) is 15.9. The van der Waals surface area contributed by atoms with Crippen molar-refractivity contribution < 1.29 is 17.9 Å². The van der Waals surface area contributed by atoms with Crippen LogP contribution >= 0.6 is 28.3 Å². The lowest BCUT2D eigenvalue weighted by Crippen LogP contribution is -2.38. The van der Waals surface area contributed by atoms with Crippen LogP contribution in [0.15, 0.2) is 21.5 Å². The lowest BCUT2D eigenvalue weighted by atomic mass is 10.2. The molecule has 1 amide bonds. The molecule has 0 aromatic heterocycles. The molecule has 1 aromatic carbocycles. The van der Waals surface area contributed by atoms with Gasteiger partial charge in [-0.15, -0.1) is 12.4 Å². The van der Waals surface area contributed by atoms with Crippen LogP contribution in [0.2, 0.25) is 0 Å². The number of nitrogens with one attached hydrogen (secondary N) is 2. The van der Waals surface area contributed by atoms with Gasteiger partial charge < -0.3 is 15.8 Å². The molecule has 4 N–H and O–H groups in total. The monoisotopic (exact) mass is 425 g/mol. The minimum Gasteiger partial charge on any atom is -0.482 e. The minimum atomic E-state index is -3.71. The average Bonchev–Trinajstić information content (AvgIpc) is 3.28. The zero-order valence-electron chi connectivity index (χ0n) is 12.0. The molecule has 7 nitrogen and oxygen atoms in total. The largest absolute Gasteiger partial charge is 0.482 e. The molecule has 1 aliphatic carbocycles. The molecule has 1 saturated carbocycles. The molecular weight excluding hydrogens is 410 g/mol. The van der Waals surface area contributed by atoms with E-state index in [2.05, 4.69) is 26.0 Å². The summed E-state index contributed by atoms with van der Waals surface area (Å²) in [6.45, 7) is 0.0716. The number of carbonyl (C=O) groups excluding carboxylic acids is 1. The summed E-state index contributed by atoms with van der Waals surface area (Å²) in [4.78, 5) is 11.3. The van der Waals surface area contributed by atoms with Crippen LogP contribution in [0.25, 0.3) is 0 Å². The van der Waals surface area contributed by atoms with Gasteiger partial charge >= 0.3 is 0 Å². The molecule has 0 saturated heterocycles. The van der Waals surface area contributed by atoms with Crippen molar-refractivity contribution in [3.63, 3.8) is 0 Å². The molecule has 3 rings (SSSR count). The third-order valence-electron chi connectivity index (χ3n) is 3.69. The number of nitrogens with two attached hydrogens (primary N) is 1. The summed E-state index contributed by atoms with van der Waals surface area (Å²) in [6, 6.07) is 2.74. The SMILES string of the molecule is Cl.NC(CNS(=O)(=O)c1cc2c(cc1Br)NC(=O)CO2)C1CC1. The van der Waals surface area contributed by atoms with E-state index >= 15 is 0 Å². The molecular formula is C13H17BrClN3O4S. The van der Waals surface area contributed by atoms with E-state index in [0.29, 0.717) is 21.8 Å². The molecule has 0 spiro atoms. The quantitative estimate of drug-likeness (QED) is 0.655. The average molecular weight is 427 g/mol. The Morgan fingerprint density at radius 3 is 2.78 bits per heavy atom. The van der Waals surface area contributed by atoms with E-state index in [1.165, 1.54) is 12.1 Å². The lowest BCUT2D eigenvalue weighted by molar-refractivity contribution is -0.118. The molecule has 0 radical (unpaired) electrons. The number of hydrogen-bond acceptors (Lipinski definition) is 5. The third kappa shape index (κ3) is 4.16. The van der Waals surface area contributed by atoms with Crippen molar-refractivity contribution in [1.82, 2.24) is 4.72 Å². The number of carbonyl (C=O) groups is 1. The minimum absolute atomic E-state index is 0. The molecule has 1 aliphatic heterocycles. The first-order chi connectivity index (χ1) is 10.4. The smallest absolute Gasteiger partial charge is 0.262 e. The molecule has 1 unspecified atom stereocenters. The van der Waals surface area contributed by atoms with Crippen molar-refractivity contribution >= 4 is 50.0 Å². The van der Waals surface area contributed by atoms with Crippen molar-refractivity contribution in [2.45, 2.75) is 23.8 Å². The second-order valence-corrected chi connectivity index (χ2v) is 8.06. The first kappa shape index (κ1) is 18.5. The number of ether oxygens (including phenoxy) is 1. The second kappa shape index (κ2) is 6.94. The summed E-state index contributed by atoms with van der Waals surface area (Å²) in [5, 5.41) is 2.62. The van der Waals surface area contributed by atoms with Crippen molar-refractivity contribution in [1.29, 1.82) is 0 Å². The van der Waals surface area contributed by atoms with Gasteiger partial charge in [0, 0.05) is 23.1 Å². The van der Waals surface area contributed by atoms with Crippen LogP contribution in [0.5, 0.6) is 5.75 Å². The van der Waals surface area contributed by atoms with Crippen LogP contribution in [0.1, 0.15) is 12.8 Å². The molecule has 128 valence electrons. The summed E-state index contributed by atoms with van der Waals surface area (Å²) in [6.07, 6.45) is 2.11. The Hall–Kier alpha value is -0.870. The lowest BCUT2D eigenvalue weighted by Gasteiger charge is -2.20. The molecule has 0 bridgehead atoms. The summed E-state index contributed by atoms with van der Waals surface area (Å²) >= 11 is 3.22. The maximum Gasteiger partial charge on any atom is 0.262 e. The Morgan fingerprint density at radius 1 is 1.43 bits per heavy atom. The Bertz CT molecular complexity index is 724. The van der Waals surface area contributed by atoms with Crippen LogP contribution in [0, 0.1) is 5.92 Å². The Balaban J connectivity index is 0.00000192. The highest BCUT2D eigenvalue weighted by atomic mass is 79.9. The zero-order valence-corrected chi connectivity index (χ0v) is 15.3. The summed E-state index contributed by atoms with van der Waals surface area (Å²) in [5.41, 5.74) is 6.36. The molecule has 1 fully saturated rings. The first-order valence-electron chi connectivity index (χ1n) is 6.88. The Kier molecular flexibility index (Phi) is 5.57. The van der Waals surface area contributed by atoms with E-state index in [-0.39, 0.29) is 42.4 Å². The normalized spacial score (nSPS) is 18.3. The van der Waals surface area contributed by atoms with E-state index in [4.69, 9.17) is 10.5 Å². The van der Waals surface area contributed by atoms with Crippen molar-refractivity contribution in [2.24, 2.45) is 11.7 Å². The highest BCUT2D eigenvalue weighted by molar-refractivity contribution is 9.10. The number of fused-ring (bicyclic) bond motifs is 1. The van der Waals surface area contributed by atoms with E-state index in [1.807, 2.05) is 0 Å². The highest BCUT2D eigenvalue weighted by Crippen LogP contribution is 2.36. The predicted molar refractivity (Wildman–Crippen MR) is 91.4 cm³/mol. The first-order valence-corrected chi connectivity index (χ1v) is 9.16.